The molecule has 4 atom stereocenters. The van der Waals surface area contributed by atoms with Gasteiger partial charge in [-0.05, 0) is 64.8 Å². The number of Topliss-reactive ketones (excluding diaryl/α,β-unsaturated/α-hetero) is 2. The Balaban J connectivity index is 1.52. The maximum Gasteiger partial charge on any atom is 0.303 e. The first-order valence-electron chi connectivity index (χ1n) is 14.4. The quantitative estimate of drug-likeness (QED) is 0.276. The van der Waals surface area contributed by atoms with Crippen molar-refractivity contribution in [1.82, 2.24) is 5.32 Å². The normalized spacial score (nSPS) is 27.9. The third-order valence-electron chi connectivity index (χ3n) is 9.58. The van der Waals surface area contributed by atoms with E-state index in [2.05, 4.69) is 5.32 Å². The monoisotopic (exact) mass is 541 g/mol. The molecule has 5 heteroatoms. The van der Waals surface area contributed by atoms with Gasteiger partial charge in [0.2, 0.25) is 0 Å². The van der Waals surface area contributed by atoms with Crippen molar-refractivity contribution in [3.8, 4) is 0 Å². The summed E-state index contributed by atoms with van der Waals surface area (Å²) in [7, 11) is 0. The van der Waals surface area contributed by atoms with Crippen molar-refractivity contribution in [2.75, 3.05) is 0 Å². The molecule has 0 radical (unpaired) electrons. The smallest absolute Gasteiger partial charge is 0.303 e. The summed E-state index contributed by atoms with van der Waals surface area (Å²) in [5, 5.41) is 15.3. The molecule has 0 bridgehead atoms. The van der Waals surface area contributed by atoms with E-state index >= 15 is 4.79 Å². The third-order valence-corrected chi connectivity index (χ3v) is 9.58. The molecule has 0 amide bonds. The molecule has 0 aromatic heterocycles. The Morgan fingerprint density at radius 3 is 2.32 bits per heavy atom. The lowest BCUT2D eigenvalue weighted by molar-refractivity contribution is -0.137. The molecule has 5 nitrogen and oxygen atoms in total. The molecule has 1 saturated heterocycles. The lowest BCUT2D eigenvalue weighted by Crippen LogP contribution is -2.59. The van der Waals surface area contributed by atoms with Crippen LogP contribution in [0, 0.1) is 5.41 Å². The number of benzene rings is 4. The van der Waals surface area contributed by atoms with E-state index in [9.17, 15) is 14.7 Å². The van der Waals surface area contributed by atoms with Crippen LogP contribution in [0.25, 0.3) is 16.8 Å². The number of nitrogens with one attached hydrogen (secondary N) is 1. The molecule has 7 rings (SSSR count). The van der Waals surface area contributed by atoms with Crippen LogP contribution in [0.1, 0.15) is 65.1 Å². The number of aliphatic carboxylic acids is 1. The van der Waals surface area contributed by atoms with E-state index in [1.165, 1.54) is 0 Å². The summed E-state index contributed by atoms with van der Waals surface area (Å²) in [4.78, 5) is 41.9. The average molecular weight is 542 g/mol. The van der Waals surface area contributed by atoms with Crippen molar-refractivity contribution in [2.24, 2.45) is 5.41 Å². The summed E-state index contributed by atoms with van der Waals surface area (Å²) in [5.74, 6) is -1.37. The Labute approximate surface area is 238 Å². The van der Waals surface area contributed by atoms with Crippen LogP contribution in [0.3, 0.4) is 0 Å². The van der Waals surface area contributed by atoms with Crippen LogP contribution < -0.4 is 5.32 Å². The van der Waals surface area contributed by atoms with Gasteiger partial charge in [0.1, 0.15) is 5.54 Å². The minimum Gasteiger partial charge on any atom is -0.481 e. The van der Waals surface area contributed by atoms with Gasteiger partial charge in [-0.1, -0.05) is 97.1 Å². The van der Waals surface area contributed by atoms with Crippen LogP contribution in [-0.4, -0.2) is 28.7 Å². The number of carbonyl (C=O) groups excluding carboxylic acids is 2. The van der Waals surface area contributed by atoms with Crippen molar-refractivity contribution in [1.29, 1.82) is 0 Å². The van der Waals surface area contributed by atoms with Crippen molar-refractivity contribution < 1.29 is 19.5 Å². The predicted molar refractivity (Wildman–Crippen MR) is 159 cm³/mol. The molecule has 2 fully saturated rings. The van der Waals surface area contributed by atoms with Crippen LogP contribution in [-0.2, 0) is 15.1 Å². The fraction of sp³-hybridized carbons (Fsp3) is 0.250. The Kier molecular flexibility index (Phi) is 6.02. The van der Waals surface area contributed by atoms with E-state index in [0.29, 0.717) is 24.8 Å². The van der Waals surface area contributed by atoms with Gasteiger partial charge in [-0.25, -0.2) is 0 Å². The predicted octanol–water partition coefficient (Wildman–Crippen LogP) is 6.67. The molecule has 41 heavy (non-hydrogen) atoms. The van der Waals surface area contributed by atoms with E-state index < -0.39 is 16.9 Å². The van der Waals surface area contributed by atoms with Gasteiger partial charge < -0.3 is 5.11 Å². The number of rotatable bonds is 5. The maximum atomic E-state index is 15.2. The zero-order chi connectivity index (χ0) is 28.2. The van der Waals surface area contributed by atoms with Gasteiger partial charge in [-0.3, -0.25) is 19.7 Å². The molecule has 3 aliphatic rings. The van der Waals surface area contributed by atoms with Crippen molar-refractivity contribution in [2.45, 2.75) is 49.6 Å². The minimum absolute atomic E-state index is 0.00931. The van der Waals surface area contributed by atoms with E-state index in [1.54, 1.807) is 0 Å². The highest BCUT2D eigenvalue weighted by Crippen LogP contribution is 2.66. The summed E-state index contributed by atoms with van der Waals surface area (Å²) < 4.78 is 0. The van der Waals surface area contributed by atoms with Gasteiger partial charge in [0, 0.05) is 23.9 Å². The van der Waals surface area contributed by atoms with Crippen LogP contribution in [0.5, 0.6) is 0 Å². The molecule has 2 aliphatic carbocycles. The molecule has 204 valence electrons. The molecule has 4 aromatic carbocycles. The summed E-state index contributed by atoms with van der Waals surface area (Å²) in [6, 6.07) is 31.1. The SMILES string of the molecule is O=C(O)CCC1N[C@@]2(C(=O)c3cccc4cccc2c34)[C@@]2(CCC/C(=C\c3ccccc3)C2=O)[C@H]1c1ccccc1. The largest absolute Gasteiger partial charge is 0.481 e. The van der Waals surface area contributed by atoms with Crippen molar-refractivity contribution >= 4 is 34.4 Å². The Bertz CT molecular complexity index is 1720. The maximum absolute atomic E-state index is 15.2. The lowest BCUT2D eigenvalue weighted by Gasteiger charge is -2.47. The van der Waals surface area contributed by atoms with Gasteiger partial charge >= 0.3 is 5.97 Å². The summed E-state index contributed by atoms with van der Waals surface area (Å²) in [6.07, 6.45) is 4.16. The topological polar surface area (TPSA) is 83.5 Å². The minimum atomic E-state index is -1.30. The second-order valence-electron chi connectivity index (χ2n) is 11.6. The number of ketones is 2. The molecular weight excluding hydrogens is 510 g/mol. The van der Waals surface area contributed by atoms with Gasteiger partial charge in [0.15, 0.2) is 11.6 Å². The first kappa shape index (κ1) is 25.6. The van der Waals surface area contributed by atoms with Crippen LogP contribution in [0.4, 0.5) is 0 Å². The Morgan fingerprint density at radius 1 is 0.878 bits per heavy atom. The highest BCUT2D eigenvalue weighted by molar-refractivity contribution is 6.24. The van der Waals surface area contributed by atoms with Crippen molar-refractivity contribution in [3.63, 3.8) is 0 Å². The number of hydrogen-bond donors (Lipinski definition) is 2. The van der Waals surface area contributed by atoms with E-state index in [1.807, 2.05) is 103 Å². The molecule has 1 aliphatic heterocycles. The molecule has 2 N–H and O–H groups in total. The zero-order valence-corrected chi connectivity index (χ0v) is 22.7. The van der Waals surface area contributed by atoms with Gasteiger partial charge in [-0.15, -0.1) is 0 Å². The van der Waals surface area contributed by atoms with Gasteiger partial charge in [-0.2, -0.15) is 0 Å². The van der Waals surface area contributed by atoms with Gasteiger partial charge in [0.25, 0.3) is 0 Å². The van der Waals surface area contributed by atoms with Crippen LogP contribution >= 0.6 is 0 Å². The number of fused-ring (bicyclic) bond motifs is 2. The lowest BCUT2D eigenvalue weighted by atomic mass is 9.52. The van der Waals surface area contributed by atoms with Crippen molar-refractivity contribution in [3.05, 3.63) is 125 Å². The highest BCUT2D eigenvalue weighted by Gasteiger charge is 2.73. The molecule has 4 aromatic rings. The molecule has 1 heterocycles. The van der Waals surface area contributed by atoms with Gasteiger partial charge in [0.05, 0.1) is 5.41 Å². The average Bonchev–Trinajstić information content (AvgIpc) is 3.42. The highest BCUT2D eigenvalue weighted by atomic mass is 16.4. The van der Waals surface area contributed by atoms with E-state index in [-0.39, 0.29) is 29.9 Å². The standard InChI is InChI=1S/C36H31NO4/c38-30(39)20-19-29-32(25-12-5-2-6-13-25)35(21-9-16-26(33(35)40)22-23-10-3-1-4-11-23)36(37-29)28-18-8-15-24-14-7-17-27(31(24)28)34(36)41/h1-8,10-15,17-18,22,29,32,37H,9,16,19-21H2,(H,38,39)/b26-22+/t29?,32-,35-,36-/m0/s1. The number of carboxylic acid groups (broad SMARTS) is 1. The first-order chi connectivity index (χ1) is 20.0. The van der Waals surface area contributed by atoms with E-state index in [0.717, 1.165) is 39.5 Å². The molecule has 2 spiro atoms. The number of carbonyl (C=O) groups is 3. The number of hydrogen-bond acceptors (Lipinski definition) is 4. The second-order valence-corrected chi connectivity index (χ2v) is 11.6. The Hall–Kier alpha value is -4.35. The zero-order valence-electron chi connectivity index (χ0n) is 22.7. The number of allylic oxidation sites excluding steroid dienone is 1. The van der Waals surface area contributed by atoms with Crippen LogP contribution in [0.2, 0.25) is 0 Å². The third kappa shape index (κ3) is 3.62. The fourth-order valence-electron chi connectivity index (χ4n) is 8.13. The Morgan fingerprint density at radius 2 is 1.59 bits per heavy atom. The fourth-order valence-corrected chi connectivity index (χ4v) is 8.13. The molecule has 1 unspecified atom stereocenters. The first-order valence-corrected chi connectivity index (χ1v) is 14.4. The second kappa shape index (κ2) is 9.64. The van der Waals surface area contributed by atoms with E-state index in [4.69, 9.17) is 0 Å². The molecular formula is C36H31NO4. The summed E-state index contributed by atoms with van der Waals surface area (Å²) in [6.45, 7) is 0. The summed E-state index contributed by atoms with van der Waals surface area (Å²) >= 11 is 0. The van der Waals surface area contributed by atoms with Crippen LogP contribution in [0.15, 0.2) is 103 Å². The number of carboxylic acids is 1. The summed E-state index contributed by atoms with van der Waals surface area (Å²) in [5.41, 5.74) is 1.67. The molecule has 1 saturated carbocycles.